The van der Waals surface area contributed by atoms with Crippen LogP contribution in [-0.2, 0) is 4.74 Å². The first-order valence-corrected chi connectivity index (χ1v) is 5.41. The number of nitrogens with one attached hydrogen (secondary N) is 1. The molecule has 1 aromatic rings. The van der Waals surface area contributed by atoms with Gasteiger partial charge in [0.2, 0.25) is 0 Å². The van der Waals surface area contributed by atoms with Crippen LogP contribution in [0.5, 0.6) is 5.75 Å². The minimum Gasteiger partial charge on any atom is -0.434 e. The van der Waals surface area contributed by atoms with Gasteiger partial charge in [-0.3, -0.25) is 10.4 Å². The van der Waals surface area contributed by atoms with E-state index in [0.29, 0.717) is 5.69 Å². The van der Waals surface area contributed by atoms with Crippen molar-refractivity contribution in [3.63, 3.8) is 0 Å². The number of hydrogen-bond acceptors (Lipinski definition) is 6. The largest absolute Gasteiger partial charge is 0.513 e. The molecule has 0 saturated heterocycles. The van der Waals surface area contributed by atoms with E-state index in [9.17, 15) is 4.79 Å². The molecule has 96 valence electrons. The molecule has 0 aliphatic carbocycles. The zero-order chi connectivity index (χ0) is 13.4. The molecule has 0 aliphatic rings. The Morgan fingerprint density at radius 2 is 2.44 bits per heavy atom. The zero-order valence-corrected chi connectivity index (χ0v) is 10.4. The van der Waals surface area contributed by atoms with Gasteiger partial charge >= 0.3 is 6.16 Å². The lowest BCUT2D eigenvalue weighted by molar-refractivity contribution is 0.104. The fourth-order valence-corrected chi connectivity index (χ4v) is 0.987. The number of rotatable bonds is 4. The standard InChI is InChI=1S/C10H12N4O3S/c1-2-16-10(15)17-8-4-3-7(12-6-8)5-13-14-9(11)18/h3-6H,2H2,1H3,(H3,11,14,18)/b13-5-. The van der Waals surface area contributed by atoms with E-state index in [1.807, 2.05) is 0 Å². The maximum absolute atomic E-state index is 11.0. The van der Waals surface area contributed by atoms with Crippen molar-refractivity contribution in [2.45, 2.75) is 6.92 Å². The molecule has 0 bridgehead atoms. The molecule has 3 N–H and O–H groups in total. The number of aromatic nitrogens is 1. The molecule has 0 radical (unpaired) electrons. The maximum atomic E-state index is 11.0. The van der Waals surface area contributed by atoms with Crippen molar-refractivity contribution in [1.82, 2.24) is 10.4 Å². The highest BCUT2D eigenvalue weighted by Gasteiger charge is 2.04. The Hall–Kier alpha value is -2.22. The van der Waals surface area contributed by atoms with Gasteiger partial charge in [-0.1, -0.05) is 0 Å². The smallest absolute Gasteiger partial charge is 0.434 e. The summed E-state index contributed by atoms with van der Waals surface area (Å²) in [6.45, 7) is 1.94. The number of nitrogens with zero attached hydrogens (tertiary/aromatic N) is 2. The van der Waals surface area contributed by atoms with Gasteiger partial charge in [-0.25, -0.2) is 4.79 Å². The van der Waals surface area contributed by atoms with Crippen molar-refractivity contribution in [2.75, 3.05) is 6.61 Å². The van der Waals surface area contributed by atoms with Crippen molar-refractivity contribution in [3.05, 3.63) is 24.0 Å². The average Bonchev–Trinajstić information content (AvgIpc) is 2.31. The van der Waals surface area contributed by atoms with Gasteiger partial charge in [-0.05, 0) is 31.3 Å². The molecular weight excluding hydrogens is 256 g/mol. The molecule has 7 nitrogen and oxygen atoms in total. The number of thiocarbonyl (C=S) groups is 1. The first-order valence-electron chi connectivity index (χ1n) is 5.01. The summed E-state index contributed by atoms with van der Waals surface area (Å²) in [6.07, 6.45) is 2.03. The first-order chi connectivity index (χ1) is 8.61. The van der Waals surface area contributed by atoms with Gasteiger partial charge in [0.25, 0.3) is 0 Å². The minimum absolute atomic E-state index is 0.0634. The highest BCUT2D eigenvalue weighted by atomic mass is 32.1. The number of hydrogen-bond donors (Lipinski definition) is 2. The Balaban J connectivity index is 2.54. The van der Waals surface area contributed by atoms with Crippen LogP contribution in [-0.4, -0.2) is 29.1 Å². The monoisotopic (exact) mass is 268 g/mol. The van der Waals surface area contributed by atoms with Gasteiger partial charge in [0, 0.05) is 0 Å². The second kappa shape index (κ2) is 7.17. The first kappa shape index (κ1) is 13.8. The molecule has 0 aromatic carbocycles. The van der Waals surface area contributed by atoms with Crippen LogP contribution in [0.15, 0.2) is 23.4 Å². The fourth-order valence-electron chi connectivity index (χ4n) is 0.934. The number of pyridine rings is 1. The molecule has 0 saturated carbocycles. The molecule has 0 fully saturated rings. The highest BCUT2D eigenvalue weighted by molar-refractivity contribution is 7.80. The molecule has 1 rings (SSSR count). The lowest BCUT2D eigenvalue weighted by atomic mass is 10.3. The normalized spacial score (nSPS) is 10.1. The highest BCUT2D eigenvalue weighted by Crippen LogP contribution is 2.09. The van der Waals surface area contributed by atoms with E-state index >= 15 is 0 Å². The molecule has 0 aliphatic heterocycles. The topological polar surface area (TPSA) is 98.8 Å². The van der Waals surface area contributed by atoms with Crippen molar-refractivity contribution in [3.8, 4) is 5.75 Å². The molecule has 1 heterocycles. The SMILES string of the molecule is CCOC(=O)Oc1ccc(/C=N\NC(N)=S)nc1. The van der Waals surface area contributed by atoms with Crippen molar-refractivity contribution < 1.29 is 14.3 Å². The van der Waals surface area contributed by atoms with Crippen molar-refractivity contribution >= 4 is 29.7 Å². The third-order valence-electron chi connectivity index (χ3n) is 1.59. The summed E-state index contributed by atoms with van der Waals surface area (Å²) in [5.41, 5.74) is 8.12. The quantitative estimate of drug-likeness (QED) is 0.360. The predicted octanol–water partition coefficient (Wildman–Crippen LogP) is 0.784. The molecule has 0 amide bonds. The number of ether oxygens (including phenoxy) is 2. The van der Waals surface area contributed by atoms with Crippen LogP contribution < -0.4 is 15.9 Å². The summed E-state index contributed by atoms with van der Waals surface area (Å²) >= 11 is 4.57. The third kappa shape index (κ3) is 5.21. The maximum Gasteiger partial charge on any atom is 0.513 e. The van der Waals surface area contributed by atoms with E-state index < -0.39 is 6.16 Å². The van der Waals surface area contributed by atoms with Crippen LogP contribution in [0.3, 0.4) is 0 Å². The predicted molar refractivity (Wildman–Crippen MR) is 69.4 cm³/mol. The molecule has 0 spiro atoms. The summed E-state index contributed by atoms with van der Waals surface area (Å²) in [5, 5.41) is 3.79. The minimum atomic E-state index is -0.768. The van der Waals surface area contributed by atoms with Gasteiger partial charge in [0.05, 0.1) is 24.7 Å². The third-order valence-corrected chi connectivity index (χ3v) is 1.69. The average molecular weight is 268 g/mol. The van der Waals surface area contributed by atoms with Crippen LogP contribution in [0.2, 0.25) is 0 Å². The van der Waals surface area contributed by atoms with E-state index in [4.69, 9.17) is 10.5 Å². The van der Waals surface area contributed by atoms with Crippen LogP contribution in [0.25, 0.3) is 0 Å². The van der Waals surface area contributed by atoms with Gasteiger partial charge in [-0.15, -0.1) is 0 Å². The van der Waals surface area contributed by atoms with E-state index in [1.54, 1.807) is 19.1 Å². The Morgan fingerprint density at radius 1 is 1.67 bits per heavy atom. The summed E-state index contributed by atoms with van der Waals surface area (Å²) in [5.74, 6) is 0.285. The van der Waals surface area contributed by atoms with Crippen LogP contribution in [0, 0.1) is 0 Å². The van der Waals surface area contributed by atoms with Crippen LogP contribution in [0.4, 0.5) is 4.79 Å². The van der Waals surface area contributed by atoms with E-state index in [-0.39, 0.29) is 17.5 Å². The molecular formula is C10H12N4O3S. The number of nitrogens with two attached hydrogens (primary N) is 1. The summed E-state index contributed by atoms with van der Waals surface area (Å²) < 4.78 is 9.44. The van der Waals surface area contributed by atoms with Crippen LogP contribution in [0.1, 0.15) is 12.6 Å². The summed E-state index contributed by atoms with van der Waals surface area (Å²) in [7, 11) is 0. The lowest BCUT2D eigenvalue weighted by Gasteiger charge is -2.03. The number of carbonyl (C=O) groups is 1. The van der Waals surface area contributed by atoms with Gasteiger partial charge in [0.15, 0.2) is 10.9 Å². The number of hydrazone groups is 1. The fraction of sp³-hybridized carbons (Fsp3) is 0.200. The molecule has 0 unspecified atom stereocenters. The van der Waals surface area contributed by atoms with E-state index in [0.717, 1.165) is 0 Å². The second-order valence-corrected chi connectivity index (χ2v) is 3.38. The summed E-state index contributed by atoms with van der Waals surface area (Å²) in [6, 6.07) is 3.17. The van der Waals surface area contributed by atoms with Gasteiger partial charge in [0.1, 0.15) is 0 Å². The second-order valence-electron chi connectivity index (χ2n) is 2.94. The Kier molecular flexibility index (Phi) is 5.52. The zero-order valence-electron chi connectivity index (χ0n) is 9.62. The van der Waals surface area contributed by atoms with Gasteiger partial charge < -0.3 is 15.2 Å². The Labute approximate surface area is 109 Å². The van der Waals surface area contributed by atoms with E-state index in [2.05, 4.69) is 32.5 Å². The van der Waals surface area contributed by atoms with Gasteiger partial charge in [-0.2, -0.15) is 5.10 Å². The molecule has 1 aromatic heterocycles. The van der Waals surface area contributed by atoms with Crippen molar-refractivity contribution in [2.24, 2.45) is 10.8 Å². The van der Waals surface area contributed by atoms with Crippen LogP contribution >= 0.6 is 12.2 Å². The lowest BCUT2D eigenvalue weighted by Crippen LogP contribution is -2.24. The summed E-state index contributed by atoms with van der Waals surface area (Å²) in [4.78, 5) is 15.0. The molecule has 8 heteroatoms. The Morgan fingerprint density at radius 3 is 3.00 bits per heavy atom. The Bertz CT molecular complexity index is 447. The number of carbonyl (C=O) groups excluding carboxylic acids is 1. The molecule has 0 atom stereocenters. The van der Waals surface area contributed by atoms with Crippen molar-refractivity contribution in [1.29, 1.82) is 0 Å². The van der Waals surface area contributed by atoms with E-state index in [1.165, 1.54) is 12.4 Å². The molecule has 18 heavy (non-hydrogen) atoms.